The molecule has 2 aromatic rings. The molecule has 0 saturated heterocycles. The summed E-state index contributed by atoms with van der Waals surface area (Å²) in [5, 5.41) is 0. The van der Waals surface area contributed by atoms with E-state index < -0.39 is 0 Å². The molecule has 0 radical (unpaired) electrons. The molecule has 0 spiro atoms. The molecular formula is C11H14N2S. The lowest BCUT2D eigenvalue weighted by Gasteiger charge is -2.22. The first-order valence-electron chi connectivity index (χ1n) is 4.67. The Morgan fingerprint density at radius 2 is 2.21 bits per heavy atom. The summed E-state index contributed by atoms with van der Waals surface area (Å²) in [5.74, 6) is 0. The van der Waals surface area contributed by atoms with Crippen LogP contribution in [0.25, 0.3) is 10.2 Å². The van der Waals surface area contributed by atoms with Crippen LogP contribution in [0.3, 0.4) is 0 Å². The molecule has 0 amide bonds. The van der Waals surface area contributed by atoms with E-state index in [9.17, 15) is 0 Å². The third-order valence-corrected chi connectivity index (χ3v) is 3.41. The highest BCUT2D eigenvalue weighted by Gasteiger charge is 2.18. The van der Waals surface area contributed by atoms with Gasteiger partial charge in [0.15, 0.2) is 0 Å². The minimum Gasteiger partial charge on any atom is -0.330 e. The van der Waals surface area contributed by atoms with Gasteiger partial charge in [0.2, 0.25) is 0 Å². The summed E-state index contributed by atoms with van der Waals surface area (Å²) in [6.07, 6.45) is 0. The van der Waals surface area contributed by atoms with E-state index in [0.29, 0.717) is 6.54 Å². The van der Waals surface area contributed by atoms with Gasteiger partial charge in [-0.05, 0) is 17.7 Å². The van der Waals surface area contributed by atoms with Crippen molar-refractivity contribution in [3.63, 3.8) is 0 Å². The van der Waals surface area contributed by atoms with Crippen molar-refractivity contribution in [2.45, 2.75) is 19.3 Å². The summed E-state index contributed by atoms with van der Waals surface area (Å²) in [4.78, 5) is 4.25. The molecule has 0 atom stereocenters. The number of nitrogens with two attached hydrogens (primary N) is 1. The lowest BCUT2D eigenvalue weighted by atomic mass is 9.85. The van der Waals surface area contributed by atoms with E-state index in [2.05, 4.69) is 37.0 Å². The Morgan fingerprint density at radius 1 is 1.43 bits per heavy atom. The molecule has 0 unspecified atom stereocenters. The number of rotatable bonds is 2. The van der Waals surface area contributed by atoms with Crippen molar-refractivity contribution in [3.05, 3.63) is 29.3 Å². The molecular weight excluding hydrogens is 192 g/mol. The van der Waals surface area contributed by atoms with E-state index in [4.69, 9.17) is 5.73 Å². The number of fused-ring (bicyclic) bond motifs is 1. The fourth-order valence-electron chi connectivity index (χ4n) is 1.39. The zero-order valence-corrected chi connectivity index (χ0v) is 9.27. The Bertz CT molecular complexity index is 445. The van der Waals surface area contributed by atoms with Crippen molar-refractivity contribution in [1.82, 2.24) is 4.98 Å². The molecule has 1 aromatic heterocycles. The average molecular weight is 206 g/mol. The number of hydrogen-bond acceptors (Lipinski definition) is 3. The molecule has 1 aromatic carbocycles. The molecule has 0 saturated carbocycles. The van der Waals surface area contributed by atoms with Crippen LogP contribution in [0.4, 0.5) is 0 Å². The SMILES string of the molecule is CC(C)(CN)c1ccc2ncsc2c1. The van der Waals surface area contributed by atoms with Gasteiger partial charge in [-0.2, -0.15) is 0 Å². The Balaban J connectivity index is 2.53. The number of thiazole rings is 1. The molecule has 0 fully saturated rings. The minimum absolute atomic E-state index is 0.0537. The van der Waals surface area contributed by atoms with Crippen LogP contribution in [0.1, 0.15) is 19.4 Å². The van der Waals surface area contributed by atoms with Gasteiger partial charge in [-0.25, -0.2) is 4.98 Å². The van der Waals surface area contributed by atoms with Crippen LogP contribution in [0.5, 0.6) is 0 Å². The van der Waals surface area contributed by atoms with Gasteiger partial charge in [-0.1, -0.05) is 19.9 Å². The fourth-order valence-corrected chi connectivity index (χ4v) is 2.11. The summed E-state index contributed by atoms with van der Waals surface area (Å²) < 4.78 is 1.24. The summed E-state index contributed by atoms with van der Waals surface area (Å²) in [6.45, 7) is 4.99. The van der Waals surface area contributed by atoms with Gasteiger partial charge < -0.3 is 5.73 Å². The number of benzene rings is 1. The number of hydrogen-bond donors (Lipinski definition) is 1. The molecule has 14 heavy (non-hydrogen) atoms. The first kappa shape index (κ1) is 9.62. The van der Waals surface area contributed by atoms with Crippen LogP contribution in [0.15, 0.2) is 23.7 Å². The average Bonchev–Trinajstić information content (AvgIpc) is 2.64. The molecule has 2 N–H and O–H groups in total. The quantitative estimate of drug-likeness (QED) is 0.820. The molecule has 0 bridgehead atoms. The van der Waals surface area contributed by atoms with Gasteiger partial charge in [0.05, 0.1) is 15.7 Å². The van der Waals surface area contributed by atoms with Crippen LogP contribution in [0, 0.1) is 0 Å². The minimum atomic E-state index is 0.0537. The van der Waals surface area contributed by atoms with Gasteiger partial charge in [0, 0.05) is 12.0 Å². The molecule has 0 aliphatic carbocycles. The van der Waals surface area contributed by atoms with Crippen molar-refractivity contribution < 1.29 is 0 Å². The van der Waals surface area contributed by atoms with Crippen LogP contribution in [0.2, 0.25) is 0 Å². The van der Waals surface area contributed by atoms with E-state index in [-0.39, 0.29) is 5.41 Å². The highest BCUT2D eigenvalue weighted by molar-refractivity contribution is 7.16. The largest absolute Gasteiger partial charge is 0.330 e. The van der Waals surface area contributed by atoms with Crippen LogP contribution < -0.4 is 5.73 Å². The van der Waals surface area contributed by atoms with E-state index in [0.717, 1.165) is 5.52 Å². The van der Waals surface area contributed by atoms with E-state index in [1.54, 1.807) is 11.3 Å². The highest BCUT2D eigenvalue weighted by atomic mass is 32.1. The summed E-state index contributed by atoms with van der Waals surface area (Å²) in [5.41, 5.74) is 10.0. The summed E-state index contributed by atoms with van der Waals surface area (Å²) >= 11 is 1.68. The molecule has 0 aliphatic heterocycles. The molecule has 3 heteroatoms. The first-order chi connectivity index (χ1) is 6.63. The van der Waals surface area contributed by atoms with Gasteiger partial charge in [0.1, 0.15) is 0 Å². The Hall–Kier alpha value is -0.930. The van der Waals surface area contributed by atoms with Crippen LogP contribution >= 0.6 is 11.3 Å². The second kappa shape index (κ2) is 3.33. The van der Waals surface area contributed by atoms with Gasteiger partial charge in [0.25, 0.3) is 0 Å². The van der Waals surface area contributed by atoms with Gasteiger partial charge >= 0.3 is 0 Å². The van der Waals surface area contributed by atoms with Crippen molar-refractivity contribution in [2.75, 3.05) is 6.54 Å². The molecule has 2 nitrogen and oxygen atoms in total. The maximum Gasteiger partial charge on any atom is 0.0812 e. The number of nitrogens with zero attached hydrogens (tertiary/aromatic N) is 1. The second-order valence-corrected chi connectivity index (χ2v) is 5.01. The summed E-state index contributed by atoms with van der Waals surface area (Å²) in [7, 11) is 0. The van der Waals surface area contributed by atoms with Crippen molar-refractivity contribution in [3.8, 4) is 0 Å². The zero-order valence-electron chi connectivity index (χ0n) is 8.45. The predicted molar refractivity (Wildman–Crippen MR) is 61.7 cm³/mol. The lowest BCUT2D eigenvalue weighted by Crippen LogP contribution is -2.27. The molecule has 74 valence electrons. The third kappa shape index (κ3) is 1.53. The van der Waals surface area contributed by atoms with Gasteiger partial charge in [-0.3, -0.25) is 0 Å². The van der Waals surface area contributed by atoms with E-state index in [1.165, 1.54) is 10.3 Å². The second-order valence-electron chi connectivity index (χ2n) is 4.12. The molecule has 2 rings (SSSR count). The first-order valence-corrected chi connectivity index (χ1v) is 5.55. The Morgan fingerprint density at radius 3 is 2.93 bits per heavy atom. The van der Waals surface area contributed by atoms with Crippen LogP contribution in [-0.4, -0.2) is 11.5 Å². The Kier molecular flexibility index (Phi) is 2.29. The Labute approximate surface area is 87.8 Å². The third-order valence-electron chi connectivity index (χ3n) is 2.62. The molecule has 1 heterocycles. The maximum atomic E-state index is 5.75. The predicted octanol–water partition coefficient (Wildman–Crippen LogP) is 2.53. The van der Waals surface area contributed by atoms with Crippen molar-refractivity contribution in [1.29, 1.82) is 0 Å². The maximum absolute atomic E-state index is 5.75. The number of aromatic nitrogens is 1. The van der Waals surface area contributed by atoms with Gasteiger partial charge in [-0.15, -0.1) is 11.3 Å². The zero-order chi connectivity index (χ0) is 10.2. The smallest absolute Gasteiger partial charge is 0.0812 e. The topological polar surface area (TPSA) is 38.9 Å². The normalized spacial score (nSPS) is 12.2. The standard InChI is InChI=1S/C11H14N2S/c1-11(2,6-12)8-3-4-9-10(5-8)14-7-13-9/h3-5,7H,6,12H2,1-2H3. The van der Waals surface area contributed by atoms with E-state index >= 15 is 0 Å². The molecule has 0 aliphatic rings. The fraction of sp³-hybridized carbons (Fsp3) is 0.364. The van der Waals surface area contributed by atoms with Crippen molar-refractivity contribution >= 4 is 21.6 Å². The monoisotopic (exact) mass is 206 g/mol. The van der Waals surface area contributed by atoms with E-state index in [1.807, 2.05) is 5.51 Å². The van der Waals surface area contributed by atoms with Crippen molar-refractivity contribution in [2.24, 2.45) is 5.73 Å². The lowest BCUT2D eigenvalue weighted by molar-refractivity contribution is 0.540. The van der Waals surface area contributed by atoms with Crippen LogP contribution in [-0.2, 0) is 5.41 Å². The summed E-state index contributed by atoms with van der Waals surface area (Å²) in [6, 6.07) is 6.38. The highest BCUT2D eigenvalue weighted by Crippen LogP contribution is 2.27.